The van der Waals surface area contributed by atoms with Crippen LogP contribution in [-0.4, -0.2) is 23.5 Å². The molecule has 1 N–H and O–H groups in total. The number of carbonyl (C=O) groups excluding carboxylic acids is 1. The van der Waals surface area contributed by atoms with E-state index in [0.29, 0.717) is 18.8 Å². The van der Waals surface area contributed by atoms with Crippen molar-refractivity contribution in [2.24, 2.45) is 5.92 Å². The zero-order valence-electron chi connectivity index (χ0n) is 14.4. The van der Waals surface area contributed by atoms with E-state index in [4.69, 9.17) is 0 Å². The lowest BCUT2D eigenvalue weighted by Crippen LogP contribution is -2.36. The number of aliphatic carboxylic acids is 1. The van der Waals surface area contributed by atoms with E-state index in [1.807, 2.05) is 24.3 Å². The third-order valence-corrected chi connectivity index (χ3v) is 4.81. The molecule has 0 aromatic heterocycles. The van der Waals surface area contributed by atoms with Crippen LogP contribution in [0.3, 0.4) is 0 Å². The summed E-state index contributed by atoms with van der Waals surface area (Å²) in [5.41, 5.74) is 1.71. The van der Waals surface area contributed by atoms with Crippen LogP contribution >= 0.6 is 0 Å². The van der Waals surface area contributed by atoms with Crippen molar-refractivity contribution in [2.75, 3.05) is 11.4 Å². The van der Waals surface area contributed by atoms with Crippen molar-refractivity contribution in [2.45, 2.75) is 57.8 Å². The monoisotopic (exact) mass is 330 g/mol. The molecule has 0 heterocycles. The number of hydrogen-bond donors (Lipinski definition) is 1. The van der Waals surface area contributed by atoms with Gasteiger partial charge in [0.15, 0.2) is 0 Å². The van der Waals surface area contributed by atoms with Crippen LogP contribution in [0.25, 0.3) is 0 Å². The van der Waals surface area contributed by atoms with E-state index < -0.39 is 5.97 Å². The van der Waals surface area contributed by atoms with Gasteiger partial charge in [0.1, 0.15) is 6.54 Å². The van der Waals surface area contributed by atoms with Crippen molar-refractivity contribution in [3.05, 3.63) is 36.8 Å². The highest BCUT2D eigenvalue weighted by molar-refractivity contribution is 5.98. The molecule has 1 aromatic rings. The molecule has 0 saturated heterocycles. The highest BCUT2D eigenvalue weighted by Crippen LogP contribution is 2.28. The summed E-state index contributed by atoms with van der Waals surface area (Å²) in [6.07, 6.45) is 8.95. The minimum Gasteiger partial charge on any atom is -0.480 e. The van der Waals surface area contributed by atoms with E-state index in [-0.39, 0.29) is 12.5 Å². The van der Waals surface area contributed by atoms with Gasteiger partial charge < -0.3 is 10.0 Å². The molecule has 1 saturated carbocycles. The normalized spacial score (nSPS) is 15.2. The van der Waals surface area contributed by atoms with Gasteiger partial charge in [-0.25, -0.2) is 0 Å². The molecule has 24 heavy (non-hydrogen) atoms. The minimum absolute atomic E-state index is 0.0838. The van der Waals surface area contributed by atoms with E-state index in [0.717, 1.165) is 24.1 Å². The number of para-hydroxylation sites is 1. The quantitative estimate of drug-likeness (QED) is 0.776. The van der Waals surface area contributed by atoms with Gasteiger partial charge in [-0.2, -0.15) is 0 Å². The van der Waals surface area contributed by atoms with Crippen LogP contribution in [0.5, 0.6) is 0 Å². The number of carboxylic acids is 1. The lowest BCUT2D eigenvalue weighted by molar-refractivity contribution is -0.136. The van der Waals surface area contributed by atoms with Gasteiger partial charge in [-0.15, -0.1) is 0 Å². The van der Waals surface area contributed by atoms with Crippen molar-refractivity contribution in [1.82, 2.24) is 0 Å². The van der Waals surface area contributed by atoms with E-state index in [2.05, 4.69) is 6.92 Å². The number of amides is 1. The summed E-state index contributed by atoms with van der Waals surface area (Å²) in [4.78, 5) is 25.4. The summed E-state index contributed by atoms with van der Waals surface area (Å²) in [5.74, 6) is -0.450. The Balaban J connectivity index is 2.09. The molecule has 0 aliphatic heterocycles. The largest absolute Gasteiger partial charge is 0.480 e. The van der Waals surface area contributed by atoms with Gasteiger partial charge >= 0.3 is 5.97 Å². The van der Waals surface area contributed by atoms with Gasteiger partial charge in [0.05, 0.1) is 0 Å². The molecule has 0 unspecified atom stereocenters. The molecule has 1 aliphatic carbocycles. The zero-order chi connectivity index (χ0) is 17.4. The van der Waals surface area contributed by atoms with E-state index in [9.17, 15) is 14.7 Å². The first-order chi connectivity index (χ1) is 11.6. The molecule has 4 heteroatoms. The molecule has 131 valence electrons. The highest BCUT2D eigenvalue weighted by Gasteiger charge is 2.22. The van der Waals surface area contributed by atoms with E-state index >= 15 is 0 Å². The average molecular weight is 330 g/mol. The number of anilines is 1. The first-order valence-electron chi connectivity index (χ1n) is 9.01. The molecule has 1 amide bonds. The van der Waals surface area contributed by atoms with Gasteiger partial charge in [-0.3, -0.25) is 9.59 Å². The van der Waals surface area contributed by atoms with Crippen LogP contribution < -0.4 is 4.90 Å². The predicted molar refractivity (Wildman–Crippen MR) is 95.9 cm³/mol. The standard InChI is InChI=1S/C20H28NO3/c1-2-8-17-11-6-7-12-18(17)21(15-20(23)24)19(22)14-13-16-9-4-3-5-10-16/h6-7,11-12,16H,1-5,8-10,13-15H2,(H,23,24). The SMILES string of the molecule is [CH2]CCc1ccccc1N(CC(=O)O)C(=O)CCC1CCCCC1. The van der Waals surface area contributed by atoms with Crippen molar-refractivity contribution >= 4 is 17.6 Å². The Labute approximate surface area is 144 Å². The highest BCUT2D eigenvalue weighted by atomic mass is 16.4. The number of hydrogen-bond acceptors (Lipinski definition) is 2. The molecule has 1 aliphatic rings. The summed E-state index contributed by atoms with van der Waals surface area (Å²) < 4.78 is 0. The lowest BCUT2D eigenvalue weighted by atomic mass is 9.86. The molecule has 0 spiro atoms. The van der Waals surface area contributed by atoms with Crippen LogP contribution in [0.2, 0.25) is 0 Å². The van der Waals surface area contributed by atoms with Crippen LogP contribution in [0.15, 0.2) is 24.3 Å². The Hall–Kier alpha value is -1.84. The van der Waals surface area contributed by atoms with E-state index in [1.54, 1.807) is 0 Å². The van der Waals surface area contributed by atoms with Gasteiger partial charge in [0.25, 0.3) is 0 Å². The maximum Gasteiger partial charge on any atom is 0.323 e. The second kappa shape index (κ2) is 9.45. The van der Waals surface area contributed by atoms with Crippen LogP contribution in [0.1, 0.15) is 56.9 Å². The van der Waals surface area contributed by atoms with Crippen LogP contribution in [-0.2, 0) is 16.0 Å². The number of benzene rings is 1. The lowest BCUT2D eigenvalue weighted by Gasteiger charge is -2.26. The van der Waals surface area contributed by atoms with Crippen LogP contribution in [0.4, 0.5) is 5.69 Å². The zero-order valence-corrected chi connectivity index (χ0v) is 14.4. The fourth-order valence-corrected chi connectivity index (χ4v) is 3.56. The average Bonchev–Trinajstić information content (AvgIpc) is 2.59. The van der Waals surface area contributed by atoms with E-state index in [1.165, 1.54) is 37.0 Å². The van der Waals surface area contributed by atoms with Crippen molar-refractivity contribution in [3.63, 3.8) is 0 Å². The minimum atomic E-state index is -0.981. The smallest absolute Gasteiger partial charge is 0.323 e. The predicted octanol–water partition coefficient (Wildman–Crippen LogP) is 4.23. The molecular weight excluding hydrogens is 302 g/mol. The maximum absolute atomic E-state index is 12.7. The second-order valence-electron chi connectivity index (χ2n) is 6.65. The summed E-state index contributed by atoms with van der Waals surface area (Å²) >= 11 is 0. The molecule has 1 aromatic carbocycles. The first-order valence-corrected chi connectivity index (χ1v) is 9.01. The Kier molecular flexibility index (Phi) is 7.29. The molecule has 1 radical (unpaired) electrons. The van der Waals surface area contributed by atoms with Gasteiger partial charge in [-0.05, 0) is 36.8 Å². The Morgan fingerprint density at radius 2 is 1.88 bits per heavy atom. The molecule has 1 fully saturated rings. The molecular formula is C20H28NO3. The fraction of sp³-hybridized carbons (Fsp3) is 0.550. The maximum atomic E-state index is 12.7. The Bertz CT molecular complexity index is 550. The molecule has 0 bridgehead atoms. The third kappa shape index (κ3) is 5.36. The van der Waals surface area contributed by atoms with Crippen molar-refractivity contribution < 1.29 is 14.7 Å². The first kappa shape index (κ1) is 18.5. The second-order valence-corrected chi connectivity index (χ2v) is 6.65. The number of aryl methyl sites for hydroxylation is 1. The molecule has 2 rings (SSSR count). The fourth-order valence-electron chi connectivity index (χ4n) is 3.56. The van der Waals surface area contributed by atoms with Crippen LogP contribution in [0, 0.1) is 12.8 Å². The van der Waals surface area contributed by atoms with Gasteiger partial charge in [-0.1, -0.05) is 57.2 Å². The summed E-state index contributed by atoms with van der Waals surface area (Å²) in [5, 5.41) is 9.23. The van der Waals surface area contributed by atoms with Crippen molar-refractivity contribution in [3.8, 4) is 0 Å². The third-order valence-electron chi connectivity index (χ3n) is 4.81. The topological polar surface area (TPSA) is 57.6 Å². The Morgan fingerprint density at radius 1 is 1.17 bits per heavy atom. The number of carbonyl (C=O) groups is 2. The van der Waals surface area contributed by atoms with Gasteiger partial charge in [0, 0.05) is 12.1 Å². The number of nitrogens with zero attached hydrogens (tertiary/aromatic N) is 1. The Morgan fingerprint density at radius 3 is 2.54 bits per heavy atom. The summed E-state index contributed by atoms with van der Waals surface area (Å²) in [7, 11) is 0. The summed E-state index contributed by atoms with van der Waals surface area (Å²) in [6, 6.07) is 7.56. The molecule has 4 nitrogen and oxygen atoms in total. The number of carboxylic acid groups (broad SMARTS) is 1. The number of rotatable bonds is 8. The van der Waals surface area contributed by atoms with Crippen molar-refractivity contribution in [1.29, 1.82) is 0 Å². The summed E-state index contributed by atoms with van der Waals surface area (Å²) in [6.45, 7) is 3.58. The van der Waals surface area contributed by atoms with Gasteiger partial charge in [0.2, 0.25) is 5.91 Å². The molecule has 0 atom stereocenters.